The number of benzene rings is 1. The highest BCUT2D eigenvalue weighted by molar-refractivity contribution is 5.21. The van der Waals surface area contributed by atoms with Crippen molar-refractivity contribution in [2.75, 3.05) is 0 Å². The van der Waals surface area contributed by atoms with E-state index in [-0.39, 0.29) is 23.3 Å². The molecule has 1 aromatic heterocycles. The second-order valence-electron chi connectivity index (χ2n) is 6.06. The van der Waals surface area contributed by atoms with Crippen LogP contribution in [-0.2, 0) is 13.0 Å². The molecule has 0 atom stereocenters. The first kappa shape index (κ1) is 15.4. The van der Waals surface area contributed by atoms with Crippen molar-refractivity contribution < 1.29 is 4.39 Å². The Kier molecular flexibility index (Phi) is 4.53. The lowest BCUT2D eigenvalue weighted by molar-refractivity contribution is 0.420. The molecule has 0 aliphatic carbocycles. The Morgan fingerprint density at radius 2 is 2.00 bits per heavy atom. The van der Waals surface area contributed by atoms with Crippen LogP contribution in [0.3, 0.4) is 0 Å². The molecule has 2 aromatic rings. The van der Waals surface area contributed by atoms with Crippen LogP contribution in [0, 0.1) is 5.82 Å². The topological polar surface area (TPSA) is 57.8 Å². The molecular weight excluding hydrogens is 269 g/mol. The lowest BCUT2D eigenvalue weighted by atomic mass is 10.1. The highest BCUT2D eigenvalue weighted by Gasteiger charge is 2.11. The summed E-state index contributed by atoms with van der Waals surface area (Å²) in [5, 5.41) is 3.28. The third-order valence-electron chi connectivity index (χ3n) is 2.96. The fourth-order valence-electron chi connectivity index (χ4n) is 1.92. The Labute approximate surface area is 123 Å². The van der Waals surface area contributed by atoms with Gasteiger partial charge in [0.05, 0.1) is 5.69 Å². The van der Waals surface area contributed by atoms with Gasteiger partial charge in [0, 0.05) is 24.6 Å². The Balaban J connectivity index is 2.19. The molecule has 1 heterocycles. The van der Waals surface area contributed by atoms with Gasteiger partial charge in [-0.05, 0) is 32.4 Å². The summed E-state index contributed by atoms with van der Waals surface area (Å²) in [4.78, 5) is 18.7. The maximum atomic E-state index is 13.6. The van der Waals surface area contributed by atoms with Gasteiger partial charge in [-0.1, -0.05) is 18.2 Å². The molecule has 0 fully saturated rings. The van der Waals surface area contributed by atoms with Crippen molar-refractivity contribution in [1.82, 2.24) is 15.3 Å². The van der Waals surface area contributed by atoms with E-state index in [9.17, 15) is 9.18 Å². The molecule has 2 N–H and O–H groups in total. The average Bonchev–Trinajstić information content (AvgIpc) is 2.38. The molecule has 0 bridgehead atoms. The number of rotatable bonds is 4. The van der Waals surface area contributed by atoms with Gasteiger partial charge in [-0.15, -0.1) is 0 Å². The Bertz CT molecular complexity index is 674. The van der Waals surface area contributed by atoms with Crippen LogP contribution in [0.1, 0.15) is 37.9 Å². The van der Waals surface area contributed by atoms with E-state index < -0.39 is 0 Å². The lowest BCUT2D eigenvalue weighted by Gasteiger charge is -2.20. The van der Waals surface area contributed by atoms with E-state index in [4.69, 9.17) is 0 Å². The molecule has 0 aliphatic heterocycles. The number of nitrogens with zero attached hydrogens (tertiary/aromatic N) is 1. The van der Waals surface area contributed by atoms with Gasteiger partial charge >= 0.3 is 0 Å². The van der Waals surface area contributed by atoms with Crippen LogP contribution in [-0.4, -0.2) is 15.5 Å². The van der Waals surface area contributed by atoms with Crippen molar-refractivity contribution in [2.24, 2.45) is 0 Å². The number of aromatic nitrogens is 2. The maximum Gasteiger partial charge on any atom is 0.251 e. The van der Waals surface area contributed by atoms with E-state index in [0.717, 1.165) is 0 Å². The normalized spacial score (nSPS) is 11.6. The van der Waals surface area contributed by atoms with Gasteiger partial charge in [-0.3, -0.25) is 4.79 Å². The van der Waals surface area contributed by atoms with Crippen molar-refractivity contribution in [3.8, 4) is 0 Å². The largest absolute Gasteiger partial charge is 0.310 e. The fraction of sp³-hybridized carbons (Fsp3) is 0.375. The summed E-state index contributed by atoms with van der Waals surface area (Å²) in [6.07, 6.45) is 0.269. The van der Waals surface area contributed by atoms with Crippen molar-refractivity contribution >= 4 is 0 Å². The SMILES string of the molecule is CC(C)(C)NCc1cc(=O)[nH]c(Cc2ccccc2F)n1. The summed E-state index contributed by atoms with van der Waals surface area (Å²) >= 11 is 0. The molecular formula is C16H20FN3O. The minimum absolute atomic E-state index is 0.0595. The van der Waals surface area contributed by atoms with Crippen LogP contribution in [0.5, 0.6) is 0 Å². The van der Waals surface area contributed by atoms with Gasteiger partial charge < -0.3 is 10.3 Å². The zero-order valence-electron chi connectivity index (χ0n) is 12.5. The van der Waals surface area contributed by atoms with Gasteiger partial charge in [-0.2, -0.15) is 0 Å². The Morgan fingerprint density at radius 3 is 2.67 bits per heavy atom. The second kappa shape index (κ2) is 6.18. The van der Waals surface area contributed by atoms with Crippen LogP contribution in [0.25, 0.3) is 0 Å². The monoisotopic (exact) mass is 289 g/mol. The van der Waals surface area contributed by atoms with Crippen LogP contribution in [0.15, 0.2) is 35.1 Å². The van der Waals surface area contributed by atoms with Crippen molar-refractivity contribution in [3.63, 3.8) is 0 Å². The van der Waals surface area contributed by atoms with Crippen molar-refractivity contribution in [1.29, 1.82) is 0 Å². The van der Waals surface area contributed by atoms with Crippen LogP contribution >= 0.6 is 0 Å². The molecule has 21 heavy (non-hydrogen) atoms. The second-order valence-corrected chi connectivity index (χ2v) is 6.06. The summed E-state index contributed by atoms with van der Waals surface area (Å²) in [7, 11) is 0. The van der Waals surface area contributed by atoms with E-state index >= 15 is 0 Å². The number of halogens is 1. The van der Waals surface area contributed by atoms with Crippen LogP contribution in [0.2, 0.25) is 0 Å². The maximum absolute atomic E-state index is 13.6. The van der Waals surface area contributed by atoms with Crippen molar-refractivity contribution in [2.45, 2.75) is 39.3 Å². The summed E-state index contributed by atoms with van der Waals surface area (Å²) in [5.41, 5.74) is 0.888. The van der Waals surface area contributed by atoms with Gasteiger partial charge in [0.2, 0.25) is 0 Å². The van der Waals surface area contributed by atoms with E-state index in [0.29, 0.717) is 23.6 Å². The van der Waals surface area contributed by atoms with Gasteiger partial charge in [0.1, 0.15) is 11.6 Å². The minimum atomic E-state index is -0.293. The number of H-pyrrole nitrogens is 1. The first-order chi connectivity index (χ1) is 9.83. The Hall–Kier alpha value is -2.01. The summed E-state index contributed by atoms with van der Waals surface area (Å²) in [6.45, 7) is 6.62. The number of nitrogens with one attached hydrogen (secondary N) is 2. The molecule has 0 spiro atoms. The molecule has 4 nitrogen and oxygen atoms in total. The molecule has 0 unspecified atom stereocenters. The molecule has 0 radical (unpaired) electrons. The molecule has 5 heteroatoms. The smallest absolute Gasteiger partial charge is 0.251 e. The number of hydrogen-bond donors (Lipinski definition) is 2. The number of hydrogen-bond acceptors (Lipinski definition) is 3. The molecule has 112 valence electrons. The van der Waals surface area contributed by atoms with Gasteiger partial charge in [-0.25, -0.2) is 9.37 Å². The predicted octanol–water partition coefficient (Wildman–Crippen LogP) is 2.39. The molecule has 0 saturated heterocycles. The zero-order valence-corrected chi connectivity index (χ0v) is 12.5. The third-order valence-corrected chi connectivity index (χ3v) is 2.96. The van der Waals surface area contributed by atoms with Crippen LogP contribution in [0.4, 0.5) is 4.39 Å². The van der Waals surface area contributed by atoms with Crippen molar-refractivity contribution in [3.05, 3.63) is 63.6 Å². The molecule has 0 saturated carbocycles. The lowest BCUT2D eigenvalue weighted by Crippen LogP contribution is -2.35. The average molecular weight is 289 g/mol. The molecule has 2 rings (SSSR count). The van der Waals surface area contributed by atoms with Gasteiger partial charge in [0.25, 0.3) is 5.56 Å². The van der Waals surface area contributed by atoms with Gasteiger partial charge in [0.15, 0.2) is 0 Å². The fourth-order valence-corrected chi connectivity index (χ4v) is 1.92. The zero-order chi connectivity index (χ0) is 15.5. The summed E-state index contributed by atoms with van der Waals surface area (Å²) < 4.78 is 13.6. The van der Waals surface area contributed by atoms with E-state index in [1.807, 2.05) is 20.8 Å². The molecule has 0 aliphatic rings. The molecule has 1 aromatic carbocycles. The van der Waals surface area contributed by atoms with E-state index in [2.05, 4.69) is 15.3 Å². The summed E-state index contributed by atoms with van der Waals surface area (Å²) in [6, 6.07) is 7.96. The first-order valence-corrected chi connectivity index (χ1v) is 6.91. The summed E-state index contributed by atoms with van der Waals surface area (Å²) in [5.74, 6) is 0.177. The highest BCUT2D eigenvalue weighted by Crippen LogP contribution is 2.10. The first-order valence-electron chi connectivity index (χ1n) is 6.91. The van der Waals surface area contributed by atoms with Crippen LogP contribution < -0.4 is 10.9 Å². The number of aromatic amines is 1. The minimum Gasteiger partial charge on any atom is -0.310 e. The van der Waals surface area contributed by atoms with E-state index in [1.54, 1.807) is 18.2 Å². The standard InChI is InChI=1S/C16H20FN3O/c1-16(2,3)18-10-12-9-15(21)20-14(19-12)8-11-6-4-5-7-13(11)17/h4-7,9,18H,8,10H2,1-3H3,(H,19,20,21). The predicted molar refractivity (Wildman–Crippen MR) is 80.7 cm³/mol. The highest BCUT2D eigenvalue weighted by atomic mass is 19.1. The Morgan fingerprint density at radius 1 is 1.29 bits per heavy atom. The molecule has 0 amide bonds. The van der Waals surface area contributed by atoms with E-state index in [1.165, 1.54) is 12.1 Å². The third kappa shape index (κ3) is 4.79. The quantitative estimate of drug-likeness (QED) is 0.908.